The summed E-state index contributed by atoms with van der Waals surface area (Å²) in [5, 5.41) is 0. The highest BCUT2D eigenvalue weighted by Crippen LogP contribution is 2.13. The van der Waals surface area contributed by atoms with E-state index in [2.05, 4.69) is 20.8 Å². The molecule has 0 saturated carbocycles. The van der Waals surface area contributed by atoms with Gasteiger partial charge in [-0.1, -0.05) is 117 Å². The fraction of sp³-hybridized carbons (Fsp3) is 0.964. The third-order valence-electron chi connectivity index (χ3n) is 5.75. The largest absolute Gasteiger partial charge is 0.466 e. The minimum absolute atomic E-state index is 0.0920. The van der Waals surface area contributed by atoms with Crippen molar-refractivity contribution in [3.63, 3.8) is 0 Å². The number of unbranched alkanes of at least 4 members (excludes halogenated alkanes) is 15. The standard InChI is InChI=1S/C28H56O4/c1-4-5-6-7-8-9-10-11-12-13-14-15-16-17-18-19-23-32-28(29)21-20-22-30-24-25-31-26-27(2)3/h27H,4-26H2,1-3H3. The quantitative estimate of drug-likeness (QED) is 0.0970. The van der Waals surface area contributed by atoms with Gasteiger partial charge in [0.25, 0.3) is 0 Å². The van der Waals surface area contributed by atoms with Crippen LogP contribution in [0.25, 0.3) is 0 Å². The van der Waals surface area contributed by atoms with E-state index in [9.17, 15) is 4.79 Å². The van der Waals surface area contributed by atoms with Crippen LogP contribution >= 0.6 is 0 Å². The first-order valence-corrected chi connectivity index (χ1v) is 14.0. The molecule has 0 aromatic rings. The van der Waals surface area contributed by atoms with Gasteiger partial charge < -0.3 is 14.2 Å². The third-order valence-corrected chi connectivity index (χ3v) is 5.75. The molecule has 0 saturated heterocycles. The highest BCUT2D eigenvalue weighted by atomic mass is 16.5. The van der Waals surface area contributed by atoms with E-state index in [1.807, 2.05) is 0 Å². The molecule has 32 heavy (non-hydrogen) atoms. The van der Waals surface area contributed by atoms with Crippen LogP contribution in [-0.2, 0) is 19.0 Å². The molecule has 0 aliphatic heterocycles. The molecule has 0 fully saturated rings. The second-order valence-corrected chi connectivity index (χ2v) is 9.71. The summed E-state index contributed by atoms with van der Waals surface area (Å²) in [7, 11) is 0. The summed E-state index contributed by atoms with van der Waals surface area (Å²) < 4.78 is 16.2. The first kappa shape index (κ1) is 31.4. The zero-order valence-electron chi connectivity index (χ0n) is 22.0. The summed E-state index contributed by atoms with van der Waals surface area (Å²) in [5.41, 5.74) is 0. The maximum Gasteiger partial charge on any atom is 0.305 e. The molecule has 0 aliphatic rings. The van der Waals surface area contributed by atoms with E-state index >= 15 is 0 Å². The highest BCUT2D eigenvalue weighted by Gasteiger charge is 2.03. The monoisotopic (exact) mass is 456 g/mol. The van der Waals surface area contributed by atoms with Gasteiger partial charge in [-0.2, -0.15) is 0 Å². The Balaban J connectivity index is 3.14. The number of carbonyl (C=O) groups is 1. The summed E-state index contributed by atoms with van der Waals surface area (Å²) >= 11 is 0. The van der Waals surface area contributed by atoms with Gasteiger partial charge in [0.2, 0.25) is 0 Å². The highest BCUT2D eigenvalue weighted by molar-refractivity contribution is 5.69. The van der Waals surface area contributed by atoms with Crippen molar-refractivity contribution < 1.29 is 19.0 Å². The Morgan fingerprint density at radius 2 is 1.03 bits per heavy atom. The van der Waals surface area contributed by atoms with E-state index < -0.39 is 0 Å². The molecule has 0 radical (unpaired) electrons. The molecule has 0 atom stereocenters. The van der Waals surface area contributed by atoms with E-state index in [1.165, 1.54) is 96.3 Å². The summed E-state index contributed by atoms with van der Waals surface area (Å²) in [6.07, 6.45) is 22.9. The Morgan fingerprint density at radius 3 is 1.53 bits per heavy atom. The molecule has 192 valence electrons. The van der Waals surface area contributed by atoms with E-state index in [0.717, 1.165) is 19.4 Å². The average molecular weight is 457 g/mol. The van der Waals surface area contributed by atoms with Gasteiger partial charge in [0, 0.05) is 19.6 Å². The molecule has 0 spiro atoms. The van der Waals surface area contributed by atoms with Gasteiger partial charge in [-0.15, -0.1) is 0 Å². The molecule has 0 aliphatic carbocycles. The second kappa shape index (κ2) is 26.6. The maximum atomic E-state index is 11.7. The molecule has 0 heterocycles. The molecule has 0 aromatic heterocycles. The van der Waals surface area contributed by atoms with E-state index in [-0.39, 0.29) is 5.97 Å². The molecule has 0 rings (SSSR count). The summed E-state index contributed by atoms with van der Waals surface area (Å²) in [5.74, 6) is 0.463. The first-order chi connectivity index (χ1) is 15.7. The van der Waals surface area contributed by atoms with Crippen molar-refractivity contribution in [3.8, 4) is 0 Å². The van der Waals surface area contributed by atoms with Crippen LogP contribution in [0.2, 0.25) is 0 Å². The van der Waals surface area contributed by atoms with Gasteiger partial charge in [0.1, 0.15) is 0 Å². The van der Waals surface area contributed by atoms with Crippen LogP contribution in [0.4, 0.5) is 0 Å². The Morgan fingerprint density at radius 1 is 0.562 bits per heavy atom. The Hall–Kier alpha value is -0.610. The molecule has 4 nitrogen and oxygen atoms in total. The maximum absolute atomic E-state index is 11.7. The molecule has 4 heteroatoms. The minimum Gasteiger partial charge on any atom is -0.466 e. The second-order valence-electron chi connectivity index (χ2n) is 9.71. The van der Waals surface area contributed by atoms with Crippen LogP contribution in [-0.4, -0.2) is 39.0 Å². The normalized spacial score (nSPS) is 11.4. The molecule has 0 amide bonds. The lowest BCUT2D eigenvalue weighted by Crippen LogP contribution is -2.10. The SMILES string of the molecule is CCCCCCCCCCCCCCCCCCOC(=O)CCCOCCOCC(C)C. The smallest absolute Gasteiger partial charge is 0.305 e. The predicted molar refractivity (Wildman–Crippen MR) is 136 cm³/mol. The van der Waals surface area contributed by atoms with Crippen molar-refractivity contribution >= 4 is 5.97 Å². The van der Waals surface area contributed by atoms with E-state index in [1.54, 1.807) is 0 Å². The van der Waals surface area contributed by atoms with Crippen LogP contribution in [0.1, 0.15) is 136 Å². The summed E-state index contributed by atoms with van der Waals surface area (Å²) in [4.78, 5) is 11.7. The van der Waals surface area contributed by atoms with Crippen LogP contribution in [0.3, 0.4) is 0 Å². The van der Waals surface area contributed by atoms with Crippen molar-refractivity contribution in [1.29, 1.82) is 0 Å². The van der Waals surface area contributed by atoms with Crippen LogP contribution in [0.5, 0.6) is 0 Å². The van der Waals surface area contributed by atoms with Gasteiger partial charge in [0.05, 0.1) is 19.8 Å². The number of hydrogen-bond donors (Lipinski definition) is 0. The zero-order chi connectivity index (χ0) is 23.5. The number of hydrogen-bond acceptors (Lipinski definition) is 4. The third kappa shape index (κ3) is 27.4. The van der Waals surface area contributed by atoms with Gasteiger partial charge in [-0.05, 0) is 18.8 Å². The zero-order valence-corrected chi connectivity index (χ0v) is 22.0. The summed E-state index contributed by atoms with van der Waals surface area (Å²) in [6, 6.07) is 0. The van der Waals surface area contributed by atoms with Crippen LogP contribution in [0, 0.1) is 5.92 Å². The minimum atomic E-state index is -0.0920. The van der Waals surface area contributed by atoms with Gasteiger partial charge in [-0.3, -0.25) is 4.79 Å². The Labute approximate surface area is 200 Å². The molecule has 0 bridgehead atoms. The fourth-order valence-electron chi connectivity index (χ4n) is 3.77. The Kier molecular flexibility index (Phi) is 26.1. The molecule has 0 N–H and O–H groups in total. The van der Waals surface area contributed by atoms with Gasteiger partial charge >= 0.3 is 5.97 Å². The van der Waals surface area contributed by atoms with Crippen molar-refractivity contribution in [2.75, 3.05) is 33.0 Å². The number of rotatable bonds is 26. The molecular formula is C28H56O4. The Bertz CT molecular complexity index is 370. The number of esters is 1. The lowest BCUT2D eigenvalue weighted by atomic mass is 10.0. The van der Waals surface area contributed by atoms with Crippen LogP contribution < -0.4 is 0 Å². The van der Waals surface area contributed by atoms with Crippen LogP contribution in [0.15, 0.2) is 0 Å². The predicted octanol–water partition coefficient (Wildman–Crippen LogP) is 8.26. The molecule has 0 aromatic carbocycles. The fourth-order valence-corrected chi connectivity index (χ4v) is 3.77. The van der Waals surface area contributed by atoms with Crippen molar-refractivity contribution in [3.05, 3.63) is 0 Å². The van der Waals surface area contributed by atoms with Gasteiger partial charge in [-0.25, -0.2) is 0 Å². The number of ether oxygens (including phenoxy) is 3. The lowest BCUT2D eigenvalue weighted by molar-refractivity contribution is -0.144. The van der Waals surface area contributed by atoms with Crippen molar-refractivity contribution in [1.82, 2.24) is 0 Å². The van der Waals surface area contributed by atoms with Gasteiger partial charge in [0.15, 0.2) is 0 Å². The first-order valence-electron chi connectivity index (χ1n) is 14.0. The van der Waals surface area contributed by atoms with E-state index in [0.29, 0.717) is 38.8 Å². The average Bonchev–Trinajstić information content (AvgIpc) is 2.77. The molecule has 0 unspecified atom stereocenters. The van der Waals surface area contributed by atoms with Crippen molar-refractivity contribution in [2.45, 2.75) is 136 Å². The summed E-state index contributed by atoms with van der Waals surface area (Å²) in [6.45, 7) is 9.71. The topological polar surface area (TPSA) is 44.8 Å². The lowest BCUT2D eigenvalue weighted by Gasteiger charge is -2.08. The van der Waals surface area contributed by atoms with Crippen molar-refractivity contribution in [2.24, 2.45) is 5.92 Å². The molecular weight excluding hydrogens is 400 g/mol. The number of carbonyl (C=O) groups excluding carboxylic acids is 1. The van der Waals surface area contributed by atoms with E-state index in [4.69, 9.17) is 14.2 Å².